The number of carbonyl (C=O) groups is 1. The first-order valence-corrected chi connectivity index (χ1v) is 9.03. The number of nitrogens with one attached hydrogen (secondary N) is 1. The average molecular weight is 398 g/mol. The molecule has 0 aliphatic rings. The Kier molecular flexibility index (Phi) is 6.27. The first-order chi connectivity index (χ1) is 12.6. The van der Waals surface area contributed by atoms with Gasteiger partial charge in [-0.2, -0.15) is 4.72 Å². The van der Waals surface area contributed by atoms with E-state index in [1.165, 1.54) is 7.11 Å². The molecule has 0 aliphatic heterocycles. The predicted octanol–water partition coefficient (Wildman–Crippen LogP) is 3.59. The maximum absolute atomic E-state index is 14.1. The van der Waals surface area contributed by atoms with Crippen LogP contribution in [0.4, 0.5) is 14.5 Å². The van der Waals surface area contributed by atoms with E-state index in [1.54, 1.807) is 12.3 Å². The normalized spacial score (nSPS) is 12.4. The van der Waals surface area contributed by atoms with Crippen molar-refractivity contribution in [3.05, 3.63) is 47.2 Å². The number of hydrogen-bond donors (Lipinski definition) is 1. The van der Waals surface area contributed by atoms with Gasteiger partial charge < -0.3 is 14.0 Å². The number of hydrogen-bond acceptors (Lipinski definition) is 6. The van der Waals surface area contributed by atoms with Crippen molar-refractivity contribution in [3.63, 3.8) is 0 Å². The highest BCUT2D eigenvalue weighted by atomic mass is 32.2. The van der Waals surface area contributed by atoms with Crippen LogP contribution in [0.15, 0.2) is 29.3 Å². The fourth-order valence-electron chi connectivity index (χ4n) is 2.19. The summed E-state index contributed by atoms with van der Waals surface area (Å²) in [6.45, 7) is 5.92. The molecule has 0 saturated heterocycles. The molecule has 0 aliphatic carbocycles. The van der Waals surface area contributed by atoms with E-state index in [2.05, 4.69) is 14.4 Å². The molecule has 1 aromatic heterocycles. The second-order valence-electron chi connectivity index (χ2n) is 6.66. The summed E-state index contributed by atoms with van der Waals surface area (Å²) in [5, 5.41) is 0. The van der Waals surface area contributed by atoms with Crippen molar-refractivity contribution in [3.8, 4) is 5.88 Å². The van der Waals surface area contributed by atoms with Crippen LogP contribution in [0.3, 0.4) is 0 Å². The maximum atomic E-state index is 14.1. The van der Waals surface area contributed by atoms with Crippen LogP contribution in [0, 0.1) is 11.6 Å². The first kappa shape index (κ1) is 20.9. The van der Waals surface area contributed by atoms with E-state index in [4.69, 9.17) is 4.74 Å². The van der Waals surface area contributed by atoms with E-state index >= 15 is 0 Å². The number of esters is 1. The minimum Gasteiger partial charge on any atom is -0.588 e. The Morgan fingerprint density at radius 2 is 1.85 bits per heavy atom. The highest BCUT2D eigenvalue weighted by Crippen LogP contribution is 2.31. The Morgan fingerprint density at radius 3 is 2.41 bits per heavy atom. The van der Waals surface area contributed by atoms with Crippen LogP contribution in [-0.4, -0.2) is 29.7 Å². The number of rotatable bonds is 5. The monoisotopic (exact) mass is 398 g/mol. The molecule has 2 rings (SSSR count). The van der Waals surface area contributed by atoms with Gasteiger partial charge in [0.1, 0.15) is 28.4 Å². The maximum Gasteiger partial charge on any atom is 0.341 e. The quantitative estimate of drug-likeness (QED) is 0.612. The van der Waals surface area contributed by atoms with Crippen molar-refractivity contribution in [1.82, 2.24) is 4.98 Å². The van der Waals surface area contributed by atoms with E-state index < -0.39 is 39.4 Å². The number of pyridine rings is 1. The van der Waals surface area contributed by atoms with Gasteiger partial charge in [-0.05, 0) is 17.0 Å². The molecule has 1 unspecified atom stereocenters. The highest BCUT2D eigenvalue weighted by Gasteiger charge is 2.26. The van der Waals surface area contributed by atoms with Gasteiger partial charge in [-0.3, -0.25) is 0 Å². The van der Waals surface area contributed by atoms with Crippen LogP contribution >= 0.6 is 0 Å². The summed E-state index contributed by atoms with van der Waals surface area (Å²) in [7, 11) is 2.45. The summed E-state index contributed by atoms with van der Waals surface area (Å²) in [5.41, 5.74) is 0.345. The number of ether oxygens (including phenoxy) is 2. The molecule has 0 bridgehead atoms. The molecule has 0 amide bonds. The zero-order chi connectivity index (χ0) is 20.4. The lowest BCUT2D eigenvalue weighted by molar-refractivity contribution is 0.0595. The number of benzene rings is 1. The SMILES string of the molecule is COC(=O)c1cc([S+]([O-])Nc2cc(C(C)(C)C)cnc2OC)c(F)cc1F. The Hall–Kier alpha value is -2.39. The lowest BCUT2D eigenvalue weighted by atomic mass is 9.88. The summed E-state index contributed by atoms with van der Waals surface area (Å²) in [5.74, 6) is -3.01. The summed E-state index contributed by atoms with van der Waals surface area (Å²) >= 11 is -2.15. The number of carbonyl (C=O) groups excluding carboxylic acids is 1. The summed E-state index contributed by atoms with van der Waals surface area (Å²) < 4.78 is 52.7. The zero-order valence-electron chi connectivity index (χ0n) is 15.6. The van der Waals surface area contributed by atoms with Crippen molar-refractivity contribution in [1.29, 1.82) is 0 Å². The fraction of sp³-hybridized carbons (Fsp3) is 0.333. The first-order valence-electron chi connectivity index (χ1n) is 7.88. The van der Waals surface area contributed by atoms with Gasteiger partial charge >= 0.3 is 5.97 Å². The second kappa shape index (κ2) is 8.10. The number of halogens is 2. The van der Waals surface area contributed by atoms with Crippen molar-refractivity contribution < 1.29 is 27.6 Å². The van der Waals surface area contributed by atoms with E-state index in [0.717, 1.165) is 18.7 Å². The molecule has 6 nitrogen and oxygen atoms in total. The minimum atomic E-state index is -2.15. The van der Waals surface area contributed by atoms with Crippen LogP contribution in [0.25, 0.3) is 0 Å². The van der Waals surface area contributed by atoms with Gasteiger partial charge in [0.25, 0.3) is 0 Å². The van der Waals surface area contributed by atoms with Crippen molar-refractivity contribution in [2.24, 2.45) is 0 Å². The topological polar surface area (TPSA) is 83.5 Å². The minimum absolute atomic E-state index is 0.159. The molecule has 27 heavy (non-hydrogen) atoms. The van der Waals surface area contributed by atoms with Crippen LogP contribution in [0.5, 0.6) is 5.88 Å². The van der Waals surface area contributed by atoms with Gasteiger partial charge in [0.05, 0.1) is 14.2 Å². The van der Waals surface area contributed by atoms with Crippen molar-refractivity contribution in [2.75, 3.05) is 18.9 Å². The summed E-state index contributed by atoms with van der Waals surface area (Å²) in [4.78, 5) is 15.4. The summed E-state index contributed by atoms with van der Waals surface area (Å²) in [6, 6.07) is 3.03. The van der Waals surface area contributed by atoms with Crippen LogP contribution in [0.1, 0.15) is 36.7 Å². The average Bonchev–Trinajstić information content (AvgIpc) is 2.60. The Balaban J connectivity index is 2.42. The second-order valence-corrected chi connectivity index (χ2v) is 7.84. The third-order valence-electron chi connectivity index (χ3n) is 3.74. The standard InChI is InChI=1S/C18H20F2N2O4S/c1-18(2,3)10-6-14(16(25-4)21-9-10)22-27(24)15-7-11(17(23)26-5)12(19)8-13(15)20/h6-9,22H,1-5H3. The number of anilines is 1. The fourth-order valence-corrected chi connectivity index (χ4v) is 3.11. The van der Waals surface area contributed by atoms with Gasteiger partial charge in [0, 0.05) is 18.3 Å². The largest absolute Gasteiger partial charge is 0.588 e. The molecule has 146 valence electrons. The molecule has 1 aromatic carbocycles. The van der Waals surface area contributed by atoms with E-state index in [-0.39, 0.29) is 17.0 Å². The van der Waals surface area contributed by atoms with Gasteiger partial charge in [0.15, 0.2) is 5.82 Å². The molecular formula is C18H20F2N2O4S. The van der Waals surface area contributed by atoms with Gasteiger partial charge in [-0.15, -0.1) is 0 Å². The molecule has 0 saturated carbocycles. The predicted molar refractivity (Wildman–Crippen MR) is 97.2 cm³/mol. The van der Waals surface area contributed by atoms with Crippen molar-refractivity contribution >= 4 is 23.0 Å². The lowest BCUT2D eigenvalue weighted by Gasteiger charge is -2.21. The lowest BCUT2D eigenvalue weighted by Crippen LogP contribution is -2.19. The van der Waals surface area contributed by atoms with E-state index in [0.29, 0.717) is 6.07 Å². The van der Waals surface area contributed by atoms with Crippen LogP contribution < -0.4 is 9.46 Å². The van der Waals surface area contributed by atoms with Crippen LogP contribution in [-0.2, 0) is 21.5 Å². The Morgan fingerprint density at radius 1 is 1.19 bits per heavy atom. The molecule has 1 heterocycles. The highest BCUT2D eigenvalue weighted by molar-refractivity contribution is 7.92. The molecule has 1 N–H and O–H groups in total. The molecule has 0 fully saturated rings. The molecular weight excluding hydrogens is 378 g/mol. The Labute approximate surface area is 159 Å². The number of methoxy groups -OCH3 is 2. The van der Waals surface area contributed by atoms with Gasteiger partial charge in [-0.25, -0.2) is 18.6 Å². The Bertz CT molecular complexity index is 856. The molecule has 1 atom stereocenters. The molecule has 9 heteroatoms. The zero-order valence-corrected chi connectivity index (χ0v) is 16.4. The molecule has 0 radical (unpaired) electrons. The molecule has 2 aromatic rings. The van der Waals surface area contributed by atoms with Crippen LogP contribution in [0.2, 0.25) is 0 Å². The smallest absolute Gasteiger partial charge is 0.341 e. The summed E-state index contributed by atoms with van der Waals surface area (Å²) in [6.07, 6.45) is 1.63. The van der Waals surface area contributed by atoms with Gasteiger partial charge in [-0.1, -0.05) is 20.8 Å². The number of aromatic nitrogens is 1. The van der Waals surface area contributed by atoms with Crippen molar-refractivity contribution in [2.45, 2.75) is 31.1 Å². The van der Waals surface area contributed by atoms with Gasteiger partial charge in [0.2, 0.25) is 10.8 Å². The third kappa shape index (κ3) is 4.67. The van der Waals surface area contributed by atoms with E-state index in [1.807, 2.05) is 20.8 Å². The molecule has 0 spiro atoms. The number of nitrogens with zero attached hydrogens (tertiary/aromatic N) is 1. The van der Waals surface area contributed by atoms with E-state index in [9.17, 15) is 18.1 Å². The third-order valence-corrected chi connectivity index (χ3v) is 4.86.